The fraction of sp³-hybridized carbons (Fsp3) is 0. The molecular weight excluding hydrogens is 679 g/mol. The van der Waals surface area contributed by atoms with Gasteiger partial charge in [-0.3, -0.25) is 0 Å². The summed E-state index contributed by atoms with van der Waals surface area (Å²) in [4.78, 5) is 2.39. The maximum Gasteiger partial charge on any atom is 0.136 e. The molecule has 0 radical (unpaired) electrons. The Morgan fingerprint density at radius 2 is 0.893 bits per heavy atom. The fourth-order valence-corrected chi connectivity index (χ4v) is 8.43. The van der Waals surface area contributed by atoms with E-state index in [9.17, 15) is 0 Å². The zero-order valence-corrected chi connectivity index (χ0v) is 30.6. The number of para-hydroxylation sites is 2. The van der Waals surface area contributed by atoms with Gasteiger partial charge < -0.3 is 9.32 Å². The van der Waals surface area contributed by atoms with Crippen LogP contribution in [0.4, 0.5) is 17.1 Å². The van der Waals surface area contributed by atoms with E-state index < -0.39 is 0 Å². The quantitative estimate of drug-likeness (QED) is 0.171. The maximum atomic E-state index is 6.31. The molecule has 0 aliphatic rings. The van der Waals surface area contributed by atoms with Crippen LogP contribution in [0.25, 0.3) is 87.6 Å². The Kier molecular flexibility index (Phi) is 7.53. The van der Waals surface area contributed by atoms with Crippen molar-refractivity contribution in [1.29, 1.82) is 0 Å². The zero-order valence-electron chi connectivity index (χ0n) is 30.6. The molecule has 0 atom stereocenters. The molecule has 56 heavy (non-hydrogen) atoms. The second-order valence-electron chi connectivity index (χ2n) is 14.5. The summed E-state index contributed by atoms with van der Waals surface area (Å²) >= 11 is 0. The van der Waals surface area contributed by atoms with E-state index in [-0.39, 0.29) is 0 Å². The van der Waals surface area contributed by atoms with Crippen molar-refractivity contribution in [3.63, 3.8) is 0 Å². The van der Waals surface area contributed by atoms with Crippen LogP contribution in [0.3, 0.4) is 0 Å². The number of anilines is 3. The summed E-state index contributed by atoms with van der Waals surface area (Å²) in [5, 5.41) is 9.56. The average Bonchev–Trinajstić information content (AvgIpc) is 3.64. The molecule has 262 valence electrons. The summed E-state index contributed by atoms with van der Waals surface area (Å²) in [6.07, 6.45) is 0. The second kappa shape index (κ2) is 13.2. The molecule has 0 saturated carbocycles. The summed E-state index contributed by atoms with van der Waals surface area (Å²) in [5.41, 5.74) is 12.3. The Balaban J connectivity index is 1.01. The van der Waals surface area contributed by atoms with Crippen LogP contribution in [0, 0.1) is 0 Å². The van der Waals surface area contributed by atoms with Gasteiger partial charge in [0, 0.05) is 27.5 Å². The highest BCUT2D eigenvalue weighted by Crippen LogP contribution is 2.44. The first-order chi connectivity index (χ1) is 27.7. The van der Waals surface area contributed by atoms with Crippen molar-refractivity contribution in [3.05, 3.63) is 212 Å². The smallest absolute Gasteiger partial charge is 0.136 e. The van der Waals surface area contributed by atoms with Gasteiger partial charge in [0.1, 0.15) is 11.2 Å². The summed E-state index contributed by atoms with van der Waals surface area (Å²) < 4.78 is 6.31. The Morgan fingerprint density at radius 3 is 1.71 bits per heavy atom. The van der Waals surface area contributed by atoms with Crippen LogP contribution in [0.15, 0.2) is 217 Å². The molecule has 11 aromatic rings. The standard InChI is InChI=1S/C54H35NO/c1-2-15-45(16-3-1)55(52-30-29-47(48-17-6-7-18-49(48)52)43-26-28-51-50-19-8-9-20-53(50)56-54(51)35-43)46-27-25-37-22-24-42(33-44(37)34-46)40-14-10-13-39(32-40)41-23-21-36-11-4-5-12-38(36)31-41/h1-35H. The van der Waals surface area contributed by atoms with Crippen LogP contribution in [-0.2, 0) is 0 Å². The zero-order chi connectivity index (χ0) is 37.0. The Hall–Kier alpha value is -7.42. The number of furan rings is 1. The van der Waals surface area contributed by atoms with Gasteiger partial charge in [-0.05, 0) is 127 Å². The monoisotopic (exact) mass is 713 g/mol. The van der Waals surface area contributed by atoms with Crippen LogP contribution in [0.5, 0.6) is 0 Å². The molecule has 2 nitrogen and oxygen atoms in total. The molecular formula is C54H35NO. The summed E-state index contributed by atoms with van der Waals surface area (Å²) in [7, 11) is 0. The third-order valence-electron chi connectivity index (χ3n) is 11.2. The first kappa shape index (κ1) is 32.0. The minimum absolute atomic E-state index is 0.902. The van der Waals surface area contributed by atoms with Gasteiger partial charge in [-0.1, -0.05) is 146 Å². The minimum Gasteiger partial charge on any atom is -0.456 e. The molecule has 0 N–H and O–H groups in total. The second-order valence-corrected chi connectivity index (χ2v) is 14.5. The van der Waals surface area contributed by atoms with Crippen molar-refractivity contribution < 1.29 is 4.42 Å². The largest absolute Gasteiger partial charge is 0.456 e. The van der Waals surface area contributed by atoms with Gasteiger partial charge in [0.2, 0.25) is 0 Å². The predicted octanol–water partition coefficient (Wildman–Crippen LogP) is 15.5. The van der Waals surface area contributed by atoms with E-state index in [1.54, 1.807) is 0 Å². The number of nitrogens with zero attached hydrogens (tertiary/aromatic N) is 1. The maximum absolute atomic E-state index is 6.31. The van der Waals surface area contributed by atoms with Crippen LogP contribution < -0.4 is 4.90 Å². The van der Waals surface area contributed by atoms with Gasteiger partial charge in [0.05, 0.1) is 5.69 Å². The van der Waals surface area contributed by atoms with Crippen molar-refractivity contribution >= 4 is 71.3 Å². The van der Waals surface area contributed by atoms with Gasteiger partial charge in [-0.25, -0.2) is 0 Å². The van der Waals surface area contributed by atoms with E-state index in [0.717, 1.165) is 44.6 Å². The Morgan fingerprint density at radius 1 is 0.286 bits per heavy atom. The van der Waals surface area contributed by atoms with Gasteiger partial charge in [0.25, 0.3) is 0 Å². The van der Waals surface area contributed by atoms with E-state index in [0.29, 0.717) is 0 Å². The molecule has 11 rings (SSSR count). The lowest BCUT2D eigenvalue weighted by atomic mass is 9.95. The lowest BCUT2D eigenvalue weighted by molar-refractivity contribution is 0.669. The number of rotatable bonds is 6. The first-order valence-corrected chi connectivity index (χ1v) is 19.2. The molecule has 0 unspecified atom stereocenters. The molecule has 0 amide bonds. The highest BCUT2D eigenvalue weighted by Gasteiger charge is 2.18. The minimum atomic E-state index is 0.902. The Labute approximate surface area is 325 Å². The third-order valence-corrected chi connectivity index (χ3v) is 11.2. The van der Waals surface area contributed by atoms with Crippen molar-refractivity contribution in [2.45, 2.75) is 0 Å². The number of hydrogen-bond donors (Lipinski definition) is 0. The topological polar surface area (TPSA) is 16.4 Å². The third kappa shape index (κ3) is 5.51. The van der Waals surface area contributed by atoms with E-state index in [1.807, 2.05) is 12.1 Å². The van der Waals surface area contributed by atoms with Gasteiger partial charge >= 0.3 is 0 Å². The molecule has 0 fully saturated rings. The van der Waals surface area contributed by atoms with E-state index in [4.69, 9.17) is 4.42 Å². The highest BCUT2D eigenvalue weighted by atomic mass is 16.3. The molecule has 0 spiro atoms. The lowest BCUT2D eigenvalue weighted by Crippen LogP contribution is -2.10. The molecule has 1 heterocycles. The summed E-state index contributed by atoms with van der Waals surface area (Å²) in [6, 6.07) is 76.6. The average molecular weight is 714 g/mol. The van der Waals surface area contributed by atoms with E-state index >= 15 is 0 Å². The molecule has 1 aromatic heterocycles. The number of fused-ring (bicyclic) bond motifs is 6. The van der Waals surface area contributed by atoms with E-state index in [1.165, 1.54) is 60.1 Å². The molecule has 10 aromatic carbocycles. The van der Waals surface area contributed by atoms with Crippen molar-refractivity contribution in [3.8, 4) is 33.4 Å². The van der Waals surface area contributed by atoms with Gasteiger partial charge in [-0.2, -0.15) is 0 Å². The predicted molar refractivity (Wildman–Crippen MR) is 237 cm³/mol. The molecule has 0 bridgehead atoms. The van der Waals surface area contributed by atoms with Crippen molar-refractivity contribution in [2.24, 2.45) is 0 Å². The van der Waals surface area contributed by atoms with Crippen molar-refractivity contribution in [2.75, 3.05) is 4.90 Å². The number of hydrogen-bond acceptors (Lipinski definition) is 2. The van der Waals surface area contributed by atoms with Crippen LogP contribution >= 0.6 is 0 Å². The lowest BCUT2D eigenvalue weighted by Gasteiger charge is -2.28. The summed E-state index contributed by atoms with van der Waals surface area (Å²) in [5.74, 6) is 0. The Bertz CT molecular complexity index is 3270. The molecule has 0 saturated heterocycles. The first-order valence-electron chi connectivity index (χ1n) is 19.2. The molecule has 2 heteroatoms. The van der Waals surface area contributed by atoms with Gasteiger partial charge in [-0.15, -0.1) is 0 Å². The highest BCUT2D eigenvalue weighted by molar-refractivity contribution is 6.10. The van der Waals surface area contributed by atoms with Gasteiger partial charge in [0.15, 0.2) is 0 Å². The van der Waals surface area contributed by atoms with Crippen LogP contribution in [0.2, 0.25) is 0 Å². The van der Waals surface area contributed by atoms with Crippen LogP contribution in [0.1, 0.15) is 0 Å². The van der Waals surface area contributed by atoms with Crippen molar-refractivity contribution in [1.82, 2.24) is 0 Å². The summed E-state index contributed by atoms with van der Waals surface area (Å²) in [6.45, 7) is 0. The van der Waals surface area contributed by atoms with E-state index in [2.05, 4.69) is 205 Å². The number of benzene rings is 10. The SMILES string of the molecule is c1ccc(N(c2ccc3ccc(-c4cccc(-c5ccc6ccccc6c5)c4)cc3c2)c2ccc(-c3ccc4c(c3)oc3ccccc34)c3ccccc23)cc1. The molecule has 0 aliphatic heterocycles. The van der Waals surface area contributed by atoms with Crippen LogP contribution in [-0.4, -0.2) is 0 Å². The normalized spacial score (nSPS) is 11.6. The molecule has 0 aliphatic carbocycles. The fourth-order valence-electron chi connectivity index (χ4n) is 8.43.